The van der Waals surface area contributed by atoms with Crippen molar-refractivity contribution < 1.29 is 14.0 Å². The Morgan fingerprint density at radius 2 is 2.08 bits per heavy atom. The number of halogens is 1. The third-order valence-electron chi connectivity index (χ3n) is 4.10. The van der Waals surface area contributed by atoms with E-state index in [-0.39, 0.29) is 24.1 Å². The molecule has 1 aromatic heterocycles. The summed E-state index contributed by atoms with van der Waals surface area (Å²) in [5, 5.41) is 1.96. The van der Waals surface area contributed by atoms with Crippen molar-refractivity contribution in [3.63, 3.8) is 0 Å². The summed E-state index contributed by atoms with van der Waals surface area (Å²) in [6.07, 6.45) is 3.64. The molecule has 1 fully saturated rings. The average molecular weight is 358 g/mol. The molecule has 1 aromatic carbocycles. The van der Waals surface area contributed by atoms with Gasteiger partial charge >= 0.3 is 0 Å². The first-order chi connectivity index (χ1) is 12.1. The van der Waals surface area contributed by atoms with Crippen LogP contribution in [0.4, 0.5) is 4.39 Å². The van der Waals surface area contributed by atoms with Gasteiger partial charge in [-0.25, -0.2) is 4.39 Å². The van der Waals surface area contributed by atoms with Crippen molar-refractivity contribution in [1.82, 2.24) is 9.80 Å². The minimum atomic E-state index is -0.310. The van der Waals surface area contributed by atoms with E-state index in [4.69, 9.17) is 0 Å². The molecule has 2 aromatic rings. The summed E-state index contributed by atoms with van der Waals surface area (Å²) in [5.74, 6) is -0.411. The quantitative estimate of drug-likeness (QED) is 0.788. The van der Waals surface area contributed by atoms with Gasteiger partial charge in [-0.15, -0.1) is 11.3 Å². The van der Waals surface area contributed by atoms with E-state index in [1.165, 1.54) is 12.1 Å². The van der Waals surface area contributed by atoms with Gasteiger partial charge in [0.15, 0.2) is 0 Å². The molecule has 0 atom stereocenters. The first kappa shape index (κ1) is 17.4. The lowest BCUT2D eigenvalue weighted by molar-refractivity contribution is -0.130. The molecule has 25 heavy (non-hydrogen) atoms. The Balaban J connectivity index is 1.60. The maximum atomic E-state index is 13.3. The van der Waals surface area contributed by atoms with Gasteiger partial charge in [-0.05, 0) is 35.2 Å². The molecule has 4 nitrogen and oxygen atoms in total. The number of thiophene rings is 1. The molecule has 2 heterocycles. The van der Waals surface area contributed by atoms with Gasteiger partial charge < -0.3 is 9.80 Å². The van der Waals surface area contributed by atoms with Crippen LogP contribution < -0.4 is 0 Å². The second-order valence-corrected chi connectivity index (χ2v) is 6.85. The minimum absolute atomic E-state index is 0.0122. The standard InChI is InChI=1S/C19H19FN2O2S/c20-16-4-1-3-15(13-16)14-22-11-10-21(9-8-19(22)24)18(23)7-6-17-5-2-12-25-17/h1-7,12-13H,8-11,14H2/b7-6+. The summed E-state index contributed by atoms with van der Waals surface area (Å²) < 4.78 is 13.3. The maximum absolute atomic E-state index is 13.3. The lowest BCUT2D eigenvalue weighted by atomic mass is 10.2. The normalized spacial score (nSPS) is 15.6. The molecule has 0 radical (unpaired) electrons. The van der Waals surface area contributed by atoms with Crippen molar-refractivity contribution in [1.29, 1.82) is 0 Å². The van der Waals surface area contributed by atoms with Crippen molar-refractivity contribution in [2.45, 2.75) is 13.0 Å². The number of carbonyl (C=O) groups is 2. The first-order valence-electron chi connectivity index (χ1n) is 8.14. The summed E-state index contributed by atoms with van der Waals surface area (Å²) in [4.78, 5) is 29.0. The fraction of sp³-hybridized carbons (Fsp3) is 0.263. The molecule has 0 aliphatic carbocycles. The van der Waals surface area contributed by atoms with Crippen molar-refractivity contribution >= 4 is 29.2 Å². The summed E-state index contributed by atoms with van der Waals surface area (Å²) in [5.41, 5.74) is 0.755. The summed E-state index contributed by atoms with van der Waals surface area (Å²) >= 11 is 1.57. The van der Waals surface area contributed by atoms with Gasteiger partial charge in [-0.1, -0.05) is 18.2 Å². The van der Waals surface area contributed by atoms with Gasteiger partial charge in [0.25, 0.3) is 0 Å². The van der Waals surface area contributed by atoms with Crippen LogP contribution in [-0.2, 0) is 16.1 Å². The van der Waals surface area contributed by atoms with E-state index in [1.807, 2.05) is 17.5 Å². The van der Waals surface area contributed by atoms with Gasteiger partial charge in [0, 0.05) is 43.6 Å². The number of rotatable bonds is 4. The largest absolute Gasteiger partial charge is 0.337 e. The van der Waals surface area contributed by atoms with Gasteiger partial charge in [0.1, 0.15) is 5.82 Å². The van der Waals surface area contributed by atoms with Gasteiger partial charge in [0.2, 0.25) is 11.8 Å². The Hall–Kier alpha value is -2.47. The molecule has 0 N–H and O–H groups in total. The number of benzene rings is 1. The van der Waals surface area contributed by atoms with Crippen LogP contribution in [-0.4, -0.2) is 41.2 Å². The van der Waals surface area contributed by atoms with E-state index in [9.17, 15) is 14.0 Å². The molecule has 2 amide bonds. The lowest BCUT2D eigenvalue weighted by Crippen LogP contribution is -2.34. The summed E-state index contributed by atoms with van der Waals surface area (Å²) in [6.45, 7) is 1.71. The molecule has 3 rings (SSSR count). The van der Waals surface area contributed by atoms with E-state index in [0.717, 1.165) is 10.4 Å². The van der Waals surface area contributed by atoms with Crippen LogP contribution >= 0.6 is 11.3 Å². The molecule has 0 bridgehead atoms. The zero-order valence-corrected chi connectivity index (χ0v) is 14.5. The Bertz CT molecular complexity index is 773. The third kappa shape index (κ3) is 4.76. The Kier molecular flexibility index (Phi) is 5.60. The highest BCUT2D eigenvalue weighted by atomic mass is 32.1. The van der Waals surface area contributed by atoms with Crippen LogP contribution in [0.1, 0.15) is 16.9 Å². The zero-order valence-electron chi connectivity index (χ0n) is 13.7. The van der Waals surface area contributed by atoms with E-state index in [2.05, 4.69) is 0 Å². The smallest absolute Gasteiger partial charge is 0.246 e. The van der Waals surface area contributed by atoms with Crippen molar-refractivity contribution in [2.24, 2.45) is 0 Å². The van der Waals surface area contributed by atoms with Crippen molar-refractivity contribution in [3.8, 4) is 0 Å². The van der Waals surface area contributed by atoms with E-state index >= 15 is 0 Å². The molecule has 6 heteroatoms. The molecule has 1 saturated heterocycles. The van der Waals surface area contributed by atoms with E-state index < -0.39 is 0 Å². The SMILES string of the molecule is O=C(/C=C/c1cccs1)N1CCC(=O)N(Cc2cccc(F)c2)CC1. The predicted octanol–water partition coefficient (Wildman–Crippen LogP) is 3.16. The van der Waals surface area contributed by atoms with Crippen molar-refractivity contribution in [2.75, 3.05) is 19.6 Å². The van der Waals surface area contributed by atoms with Crippen LogP contribution in [0.25, 0.3) is 6.08 Å². The third-order valence-corrected chi connectivity index (χ3v) is 4.93. The monoisotopic (exact) mass is 358 g/mol. The molecule has 1 aliphatic rings. The summed E-state index contributed by atoms with van der Waals surface area (Å²) in [7, 11) is 0. The van der Waals surface area contributed by atoms with Crippen LogP contribution in [0.5, 0.6) is 0 Å². The number of amides is 2. The second kappa shape index (κ2) is 8.07. The molecular weight excluding hydrogens is 339 g/mol. The molecule has 0 spiro atoms. The number of nitrogens with zero attached hydrogens (tertiary/aromatic N) is 2. The average Bonchev–Trinajstić information content (AvgIpc) is 3.05. The molecule has 0 unspecified atom stereocenters. The Morgan fingerprint density at radius 1 is 1.20 bits per heavy atom. The fourth-order valence-electron chi connectivity index (χ4n) is 2.75. The van der Waals surface area contributed by atoms with E-state index in [1.54, 1.807) is 45.4 Å². The Morgan fingerprint density at radius 3 is 2.84 bits per heavy atom. The highest BCUT2D eigenvalue weighted by Gasteiger charge is 2.22. The lowest BCUT2D eigenvalue weighted by Gasteiger charge is -2.21. The highest BCUT2D eigenvalue weighted by molar-refractivity contribution is 7.10. The fourth-order valence-corrected chi connectivity index (χ4v) is 3.37. The van der Waals surface area contributed by atoms with Crippen LogP contribution in [0.3, 0.4) is 0 Å². The molecule has 0 saturated carbocycles. The van der Waals surface area contributed by atoms with Gasteiger partial charge in [0.05, 0.1) is 0 Å². The molecular formula is C19H19FN2O2S. The first-order valence-corrected chi connectivity index (χ1v) is 9.02. The van der Waals surface area contributed by atoms with Crippen molar-refractivity contribution in [3.05, 3.63) is 64.1 Å². The zero-order chi connectivity index (χ0) is 17.6. The Labute approximate surface area is 150 Å². The highest BCUT2D eigenvalue weighted by Crippen LogP contribution is 2.13. The number of hydrogen-bond acceptors (Lipinski definition) is 3. The number of hydrogen-bond donors (Lipinski definition) is 0. The minimum Gasteiger partial charge on any atom is -0.337 e. The van der Waals surface area contributed by atoms with Crippen LogP contribution in [0.15, 0.2) is 47.9 Å². The summed E-state index contributed by atoms with van der Waals surface area (Å²) in [6, 6.07) is 10.1. The van der Waals surface area contributed by atoms with Gasteiger partial charge in [-0.2, -0.15) is 0 Å². The van der Waals surface area contributed by atoms with Gasteiger partial charge in [-0.3, -0.25) is 9.59 Å². The number of carbonyl (C=O) groups excluding carboxylic acids is 2. The van der Waals surface area contributed by atoms with Crippen LogP contribution in [0, 0.1) is 5.82 Å². The van der Waals surface area contributed by atoms with E-state index in [0.29, 0.717) is 26.2 Å². The second-order valence-electron chi connectivity index (χ2n) is 5.87. The molecule has 1 aliphatic heterocycles. The van der Waals surface area contributed by atoms with Crippen LogP contribution in [0.2, 0.25) is 0 Å². The topological polar surface area (TPSA) is 40.6 Å². The molecule has 130 valence electrons. The maximum Gasteiger partial charge on any atom is 0.246 e. The predicted molar refractivity (Wildman–Crippen MR) is 96.4 cm³/mol.